The predicted molar refractivity (Wildman–Crippen MR) is 103 cm³/mol. The van der Waals surface area contributed by atoms with Gasteiger partial charge in [0.15, 0.2) is 11.5 Å². The van der Waals surface area contributed by atoms with Gasteiger partial charge in [-0.1, -0.05) is 18.2 Å². The zero-order chi connectivity index (χ0) is 18.9. The topological polar surface area (TPSA) is 33.0 Å². The van der Waals surface area contributed by atoms with Crippen LogP contribution in [0.1, 0.15) is 22.6 Å². The fourth-order valence-electron chi connectivity index (χ4n) is 4.25. The molecule has 7 heteroatoms. The molecule has 4 nitrogen and oxygen atoms in total. The van der Waals surface area contributed by atoms with Gasteiger partial charge in [-0.05, 0) is 43.3 Å². The summed E-state index contributed by atoms with van der Waals surface area (Å²) in [5.41, 5.74) is 4.26. The summed E-state index contributed by atoms with van der Waals surface area (Å²) < 4.78 is 39.1. The number of benzene rings is 1. The third-order valence-electron chi connectivity index (χ3n) is 5.43. The molecule has 0 unspecified atom stereocenters. The third-order valence-corrected chi connectivity index (χ3v) is 5.43. The molecule has 2 aromatic heterocycles. The van der Waals surface area contributed by atoms with Crippen molar-refractivity contribution < 1.29 is 17.9 Å². The molecular formula is C20H18BF2N3O. The van der Waals surface area contributed by atoms with E-state index in [0.29, 0.717) is 34.2 Å². The number of halogens is 2. The summed E-state index contributed by atoms with van der Waals surface area (Å²) in [6.45, 7) is -0.479. The van der Waals surface area contributed by atoms with Gasteiger partial charge in [-0.25, -0.2) is 0 Å². The minimum atomic E-state index is -4.05. The van der Waals surface area contributed by atoms with Crippen molar-refractivity contribution in [3.05, 3.63) is 76.6 Å². The summed E-state index contributed by atoms with van der Waals surface area (Å²) in [5.74, 6) is 0.440. The van der Waals surface area contributed by atoms with Crippen molar-refractivity contribution in [2.75, 3.05) is 7.11 Å². The molecule has 0 atom stereocenters. The Balaban J connectivity index is 1.82. The van der Waals surface area contributed by atoms with E-state index in [1.54, 1.807) is 25.1 Å². The molecular weight excluding hydrogens is 347 g/mol. The minimum Gasteiger partial charge on any atom is -0.490 e. The molecule has 27 heavy (non-hydrogen) atoms. The Morgan fingerprint density at radius 1 is 1.11 bits per heavy atom. The number of hydrogen-bond acceptors (Lipinski definition) is 1. The highest BCUT2D eigenvalue weighted by Crippen LogP contribution is 2.38. The fraction of sp³-hybridized carbons (Fsp3) is 0.150. The normalized spacial score (nSPS) is 17.7. The first-order valence-corrected chi connectivity index (χ1v) is 8.85. The van der Waals surface area contributed by atoms with Crippen molar-refractivity contribution in [2.24, 2.45) is 0 Å². The van der Waals surface area contributed by atoms with Crippen molar-refractivity contribution in [3.8, 4) is 0 Å². The summed E-state index contributed by atoms with van der Waals surface area (Å²) in [7, 11) is 1.51. The number of aromatic nitrogens is 2. The number of hydrogen-bond donors (Lipinski definition) is 1. The Bertz CT molecular complexity index is 1180. The fourth-order valence-corrected chi connectivity index (χ4v) is 4.25. The van der Waals surface area contributed by atoms with E-state index in [-0.39, 0.29) is 0 Å². The molecule has 5 rings (SSSR count). The van der Waals surface area contributed by atoms with Crippen LogP contribution >= 0.6 is 0 Å². The van der Waals surface area contributed by atoms with Crippen LogP contribution in [0.2, 0.25) is 0 Å². The zero-order valence-corrected chi connectivity index (χ0v) is 15.3. The second-order valence-corrected chi connectivity index (χ2v) is 7.08. The lowest BCUT2D eigenvalue weighted by Crippen LogP contribution is -2.51. The molecule has 0 spiro atoms. The lowest BCUT2D eigenvalue weighted by molar-refractivity contribution is -0.365. The maximum Gasteiger partial charge on any atom is 0.737 e. The molecule has 0 saturated carbocycles. The Labute approximate surface area is 155 Å². The van der Waals surface area contributed by atoms with Crippen molar-refractivity contribution in [1.29, 1.82) is 0 Å². The second kappa shape index (κ2) is 5.22. The molecule has 0 saturated heterocycles. The number of ether oxygens (including phenoxy) is 1. The highest BCUT2D eigenvalue weighted by atomic mass is 19.2. The van der Waals surface area contributed by atoms with Crippen molar-refractivity contribution in [3.63, 3.8) is 0 Å². The molecule has 4 heterocycles. The van der Waals surface area contributed by atoms with E-state index in [0.717, 1.165) is 25.4 Å². The summed E-state index contributed by atoms with van der Waals surface area (Å²) in [5, 5.41) is 0.978. The van der Waals surface area contributed by atoms with Gasteiger partial charge in [-0.2, -0.15) is 0 Å². The maximum atomic E-state index is 15.7. The van der Waals surface area contributed by atoms with Gasteiger partial charge in [0, 0.05) is 22.7 Å². The van der Waals surface area contributed by atoms with Crippen LogP contribution in [0.4, 0.5) is 8.63 Å². The number of nitrogens with zero attached hydrogens (tertiary/aromatic N) is 2. The zero-order valence-electron chi connectivity index (χ0n) is 15.3. The van der Waals surface area contributed by atoms with Gasteiger partial charge in [0.05, 0.1) is 13.2 Å². The van der Waals surface area contributed by atoms with Gasteiger partial charge in [0.25, 0.3) is 0 Å². The van der Waals surface area contributed by atoms with E-state index >= 15 is 8.63 Å². The van der Waals surface area contributed by atoms with Crippen molar-refractivity contribution in [2.45, 2.75) is 13.8 Å². The van der Waals surface area contributed by atoms with E-state index in [1.165, 1.54) is 7.11 Å². The monoisotopic (exact) mass is 365 g/mol. The molecule has 2 aliphatic heterocycles. The number of methoxy groups -OCH3 is 1. The SMILES string of the molecule is COC1=CC(c2cc3ccccc3[nH]2)=[N+]2C1=Cc1c(C)cc(C)n1[B-]2(F)F. The molecule has 0 radical (unpaired) electrons. The van der Waals surface area contributed by atoms with Crippen LogP contribution in [0.25, 0.3) is 17.0 Å². The number of aryl methyl sites for hydroxylation is 2. The number of nitrogens with one attached hydrogen (secondary N) is 1. The number of H-pyrrole nitrogens is 1. The summed E-state index contributed by atoms with van der Waals surface area (Å²) in [6.07, 6.45) is 3.47. The van der Waals surface area contributed by atoms with E-state index < -0.39 is 6.97 Å². The molecule has 0 fully saturated rings. The lowest BCUT2D eigenvalue weighted by Gasteiger charge is -2.30. The number of para-hydroxylation sites is 1. The summed E-state index contributed by atoms with van der Waals surface area (Å²) in [4.78, 5) is 3.26. The van der Waals surface area contributed by atoms with E-state index in [1.807, 2.05) is 37.3 Å². The van der Waals surface area contributed by atoms with E-state index in [4.69, 9.17) is 4.74 Å². The number of allylic oxidation sites excluding steroid dienone is 1. The molecule has 0 bridgehead atoms. The van der Waals surface area contributed by atoms with Crippen LogP contribution in [0, 0.1) is 13.8 Å². The molecule has 0 aliphatic carbocycles. The average Bonchev–Trinajstić information content (AvgIpc) is 3.29. The van der Waals surface area contributed by atoms with Crippen LogP contribution in [0.5, 0.6) is 0 Å². The quantitative estimate of drug-likeness (QED) is 0.678. The Hall–Kier alpha value is -3.09. The van der Waals surface area contributed by atoms with Crippen LogP contribution < -0.4 is 0 Å². The van der Waals surface area contributed by atoms with Gasteiger partial charge in [0.2, 0.25) is 5.70 Å². The molecule has 1 N–H and O–H groups in total. The largest absolute Gasteiger partial charge is 0.737 e. The number of aromatic amines is 1. The Morgan fingerprint density at radius 2 is 1.89 bits per heavy atom. The average molecular weight is 365 g/mol. The molecule has 1 aromatic carbocycles. The molecule has 0 amide bonds. The standard InChI is InChI=1S/C20H18BF2N3O/c1-12-8-13(2)25-17(12)10-19-20(27-3)11-18(26(19)21(25,22)23)16-9-14-6-4-5-7-15(14)24-16/h4-11,24H,1-3H3. The van der Waals surface area contributed by atoms with Crippen molar-refractivity contribution >= 4 is 29.7 Å². The smallest absolute Gasteiger partial charge is 0.490 e. The van der Waals surface area contributed by atoms with E-state index in [9.17, 15) is 0 Å². The van der Waals surface area contributed by atoms with Gasteiger partial charge < -0.3 is 27.3 Å². The minimum absolute atomic E-state index is 0.393. The maximum absolute atomic E-state index is 15.7. The highest BCUT2D eigenvalue weighted by Gasteiger charge is 2.55. The van der Waals surface area contributed by atoms with Crippen LogP contribution in [-0.2, 0) is 4.74 Å². The second-order valence-electron chi connectivity index (χ2n) is 7.08. The van der Waals surface area contributed by atoms with Crippen LogP contribution in [-0.4, -0.2) is 33.7 Å². The first-order valence-electron chi connectivity index (χ1n) is 8.85. The first kappa shape index (κ1) is 16.1. The van der Waals surface area contributed by atoms with Crippen molar-refractivity contribution in [1.82, 2.24) is 9.46 Å². The van der Waals surface area contributed by atoms with Gasteiger partial charge >= 0.3 is 6.97 Å². The molecule has 136 valence electrons. The number of fused-ring (bicyclic) bond motifs is 3. The lowest BCUT2D eigenvalue weighted by atomic mass is 9.90. The summed E-state index contributed by atoms with van der Waals surface area (Å²) >= 11 is 0. The van der Waals surface area contributed by atoms with Crippen LogP contribution in [0.3, 0.4) is 0 Å². The third kappa shape index (κ3) is 2.05. The number of rotatable bonds is 2. The summed E-state index contributed by atoms with van der Waals surface area (Å²) in [6, 6.07) is 11.4. The Morgan fingerprint density at radius 3 is 2.63 bits per heavy atom. The van der Waals surface area contributed by atoms with Crippen LogP contribution in [0.15, 0.2) is 53.9 Å². The van der Waals surface area contributed by atoms with Gasteiger partial charge in [-0.3, -0.25) is 0 Å². The predicted octanol–water partition coefficient (Wildman–Crippen LogP) is 4.21. The van der Waals surface area contributed by atoms with Gasteiger partial charge in [0.1, 0.15) is 5.69 Å². The first-order chi connectivity index (χ1) is 12.9. The Kier molecular flexibility index (Phi) is 3.12. The molecule has 2 aliphatic rings. The molecule has 3 aromatic rings. The van der Waals surface area contributed by atoms with Gasteiger partial charge in [-0.15, -0.1) is 0 Å². The van der Waals surface area contributed by atoms with E-state index in [2.05, 4.69) is 4.98 Å². The highest BCUT2D eigenvalue weighted by molar-refractivity contribution is 6.58.